The highest BCUT2D eigenvalue weighted by molar-refractivity contribution is 5.66. The Hall–Kier alpha value is -2.07. The molecule has 2 saturated heterocycles. The number of anilines is 1. The van der Waals surface area contributed by atoms with E-state index in [1.165, 1.54) is 11.3 Å². The number of aromatic nitrogens is 1. The monoisotopic (exact) mass is 281 g/mol. The second kappa shape index (κ2) is 4.74. The minimum absolute atomic E-state index is 0.0445. The van der Waals surface area contributed by atoms with E-state index in [-0.39, 0.29) is 5.56 Å². The van der Waals surface area contributed by atoms with Crippen LogP contribution >= 0.6 is 0 Å². The number of nitrogens with one attached hydrogen (secondary N) is 2. The van der Waals surface area contributed by atoms with Crippen LogP contribution in [0.1, 0.15) is 12.5 Å². The van der Waals surface area contributed by atoms with E-state index in [4.69, 9.17) is 0 Å². The van der Waals surface area contributed by atoms with Gasteiger partial charge < -0.3 is 15.2 Å². The fraction of sp³-hybridized carbons (Fsp3) is 0.353. The molecule has 4 heteroatoms. The molecule has 21 heavy (non-hydrogen) atoms. The van der Waals surface area contributed by atoms with Gasteiger partial charge in [-0.2, -0.15) is 0 Å². The number of fused-ring (bicyclic) bond motifs is 1. The smallest absolute Gasteiger partial charge is 0.248 e. The molecule has 4 nitrogen and oxygen atoms in total. The molecule has 3 heterocycles. The van der Waals surface area contributed by atoms with Crippen molar-refractivity contribution in [1.29, 1.82) is 0 Å². The lowest BCUT2D eigenvalue weighted by Gasteiger charge is -2.20. The maximum Gasteiger partial charge on any atom is 0.248 e. The van der Waals surface area contributed by atoms with Crippen molar-refractivity contribution in [3.8, 4) is 11.3 Å². The minimum Gasteiger partial charge on any atom is -0.368 e. The third kappa shape index (κ3) is 2.25. The van der Waals surface area contributed by atoms with Crippen molar-refractivity contribution < 1.29 is 0 Å². The second-order valence-corrected chi connectivity index (χ2v) is 5.91. The SMILES string of the molecule is CCc1ccc(=O)[nH]c1-c1ccc(N2CC3NC3C2)cc1. The van der Waals surface area contributed by atoms with E-state index in [2.05, 4.69) is 46.4 Å². The quantitative estimate of drug-likeness (QED) is 0.843. The van der Waals surface area contributed by atoms with Crippen LogP contribution in [0.25, 0.3) is 11.3 Å². The van der Waals surface area contributed by atoms with Crippen LogP contribution in [-0.2, 0) is 6.42 Å². The van der Waals surface area contributed by atoms with E-state index >= 15 is 0 Å². The fourth-order valence-corrected chi connectivity index (χ4v) is 3.24. The predicted molar refractivity (Wildman–Crippen MR) is 84.8 cm³/mol. The Kier molecular flexibility index (Phi) is 2.86. The standard InChI is InChI=1S/C17H19N3O/c1-2-11-5-8-16(21)19-17(11)12-3-6-13(7-4-12)20-9-14-15(10-20)18-14/h3-8,14-15,18H,2,9-10H2,1H3,(H,19,21). The summed E-state index contributed by atoms with van der Waals surface area (Å²) in [6.45, 7) is 4.31. The number of benzene rings is 1. The van der Waals surface area contributed by atoms with E-state index < -0.39 is 0 Å². The zero-order valence-corrected chi connectivity index (χ0v) is 12.1. The molecule has 0 saturated carbocycles. The van der Waals surface area contributed by atoms with Crippen LogP contribution in [0.15, 0.2) is 41.2 Å². The molecule has 0 bridgehead atoms. The van der Waals surface area contributed by atoms with Gasteiger partial charge in [0.1, 0.15) is 0 Å². The first-order valence-corrected chi connectivity index (χ1v) is 7.58. The number of aryl methyl sites for hydroxylation is 1. The number of rotatable bonds is 3. The summed E-state index contributed by atoms with van der Waals surface area (Å²) >= 11 is 0. The van der Waals surface area contributed by atoms with Crippen LogP contribution in [0, 0.1) is 0 Å². The van der Waals surface area contributed by atoms with Gasteiger partial charge in [0, 0.05) is 36.9 Å². The zero-order chi connectivity index (χ0) is 14.4. The molecule has 108 valence electrons. The molecule has 0 spiro atoms. The van der Waals surface area contributed by atoms with E-state index in [1.807, 2.05) is 6.07 Å². The zero-order valence-electron chi connectivity index (χ0n) is 12.1. The first-order valence-electron chi connectivity index (χ1n) is 7.58. The largest absolute Gasteiger partial charge is 0.368 e. The van der Waals surface area contributed by atoms with Gasteiger partial charge in [0.25, 0.3) is 0 Å². The van der Waals surface area contributed by atoms with Crippen molar-refractivity contribution in [3.05, 3.63) is 52.3 Å². The lowest BCUT2D eigenvalue weighted by atomic mass is 10.0. The average molecular weight is 281 g/mol. The van der Waals surface area contributed by atoms with E-state index in [0.29, 0.717) is 12.1 Å². The van der Waals surface area contributed by atoms with Gasteiger partial charge in [-0.05, 0) is 29.7 Å². The molecule has 2 aliphatic rings. The molecule has 2 atom stereocenters. The molecular formula is C17H19N3O. The maximum absolute atomic E-state index is 11.6. The Morgan fingerprint density at radius 1 is 1.10 bits per heavy atom. The van der Waals surface area contributed by atoms with E-state index in [0.717, 1.165) is 30.8 Å². The third-order valence-corrected chi connectivity index (χ3v) is 4.55. The Balaban J connectivity index is 1.64. The molecule has 2 unspecified atom stereocenters. The molecular weight excluding hydrogens is 262 g/mol. The summed E-state index contributed by atoms with van der Waals surface area (Å²) in [5.74, 6) is 0. The van der Waals surface area contributed by atoms with Crippen molar-refractivity contribution in [1.82, 2.24) is 10.3 Å². The molecule has 0 amide bonds. The van der Waals surface area contributed by atoms with Crippen molar-refractivity contribution >= 4 is 5.69 Å². The van der Waals surface area contributed by atoms with Gasteiger partial charge in [-0.3, -0.25) is 4.79 Å². The summed E-state index contributed by atoms with van der Waals surface area (Å²) in [5, 5.41) is 3.44. The van der Waals surface area contributed by atoms with Gasteiger partial charge in [0.05, 0.1) is 5.69 Å². The number of hydrogen-bond acceptors (Lipinski definition) is 3. The number of aromatic amines is 1. The summed E-state index contributed by atoms with van der Waals surface area (Å²) in [7, 11) is 0. The lowest BCUT2D eigenvalue weighted by Crippen LogP contribution is -2.26. The van der Waals surface area contributed by atoms with E-state index in [1.54, 1.807) is 6.07 Å². The summed E-state index contributed by atoms with van der Waals surface area (Å²) in [4.78, 5) is 17.0. The van der Waals surface area contributed by atoms with Crippen molar-refractivity contribution in [3.63, 3.8) is 0 Å². The Morgan fingerprint density at radius 3 is 2.48 bits per heavy atom. The highest BCUT2D eigenvalue weighted by atomic mass is 16.1. The topological polar surface area (TPSA) is 58.0 Å². The average Bonchev–Trinajstić information content (AvgIpc) is 3.13. The van der Waals surface area contributed by atoms with Crippen LogP contribution in [0.5, 0.6) is 0 Å². The molecule has 1 aromatic carbocycles. The second-order valence-electron chi connectivity index (χ2n) is 5.91. The normalized spacial score (nSPS) is 23.2. The van der Waals surface area contributed by atoms with Crippen molar-refractivity contribution in [2.45, 2.75) is 25.4 Å². The molecule has 2 fully saturated rings. The van der Waals surface area contributed by atoms with Crippen molar-refractivity contribution in [2.75, 3.05) is 18.0 Å². The van der Waals surface area contributed by atoms with Crippen LogP contribution in [-0.4, -0.2) is 30.2 Å². The highest BCUT2D eigenvalue weighted by Gasteiger charge is 2.44. The third-order valence-electron chi connectivity index (χ3n) is 4.55. The van der Waals surface area contributed by atoms with Gasteiger partial charge in [-0.15, -0.1) is 0 Å². The lowest BCUT2D eigenvalue weighted by molar-refractivity contribution is 0.821. The predicted octanol–water partition coefficient (Wildman–Crippen LogP) is 1.76. The summed E-state index contributed by atoms with van der Waals surface area (Å²) in [6, 6.07) is 13.4. The molecule has 0 radical (unpaired) electrons. The van der Waals surface area contributed by atoms with Gasteiger partial charge in [0.15, 0.2) is 0 Å². The number of pyridine rings is 1. The van der Waals surface area contributed by atoms with Crippen LogP contribution in [0.2, 0.25) is 0 Å². The summed E-state index contributed by atoms with van der Waals surface area (Å²) in [6.07, 6.45) is 0.912. The molecule has 4 rings (SSSR count). The van der Waals surface area contributed by atoms with Gasteiger partial charge in [-0.1, -0.05) is 25.1 Å². The Bertz CT molecular complexity index is 710. The minimum atomic E-state index is -0.0445. The molecule has 2 aromatic rings. The Labute approximate surface area is 123 Å². The molecule has 2 N–H and O–H groups in total. The molecule has 0 aliphatic carbocycles. The first kappa shape index (κ1) is 12.7. The highest BCUT2D eigenvalue weighted by Crippen LogP contribution is 2.29. The van der Waals surface area contributed by atoms with Gasteiger partial charge >= 0.3 is 0 Å². The summed E-state index contributed by atoms with van der Waals surface area (Å²) in [5.41, 5.74) is 4.42. The number of hydrogen-bond donors (Lipinski definition) is 2. The van der Waals surface area contributed by atoms with Crippen molar-refractivity contribution in [2.24, 2.45) is 0 Å². The fourth-order valence-electron chi connectivity index (χ4n) is 3.24. The van der Waals surface area contributed by atoms with E-state index in [9.17, 15) is 4.79 Å². The van der Waals surface area contributed by atoms with Crippen LogP contribution in [0.4, 0.5) is 5.69 Å². The number of H-pyrrole nitrogens is 1. The maximum atomic E-state index is 11.6. The Morgan fingerprint density at radius 2 is 1.81 bits per heavy atom. The van der Waals surface area contributed by atoms with Crippen LogP contribution in [0.3, 0.4) is 0 Å². The number of nitrogens with zero attached hydrogens (tertiary/aromatic N) is 1. The first-order chi connectivity index (χ1) is 10.2. The van der Waals surface area contributed by atoms with Gasteiger partial charge in [0.2, 0.25) is 5.56 Å². The number of piperazine rings is 1. The van der Waals surface area contributed by atoms with Crippen LogP contribution < -0.4 is 15.8 Å². The molecule has 2 aliphatic heterocycles. The summed E-state index contributed by atoms with van der Waals surface area (Å²) < 4.78 is 0. The molecule has 1 aromatic heterocycles. The van der Waals surface area contributed by atoms with Gasteiger partial charge in [-0.25, -0.2) is 0 Å².